The minimum atomic E-state index is -0.627. The fourth-order valence-corrected chi connectivity index (χ4v) is 3.53. The van der Waals surface area contributed by atoms with Crippen LogP contribution in [0.4, 0.5) is 0 Å². The predicted octanol–water partition coefficient (Wildman–Crippen LogP) is 2.47. The second-order valence-electron chi connectivity index (χ2n) is 3.23. The van der Waals surface area contributed by atoms with Gasteiger partial charge in [0.1, 0.15) is 6.61 Å². The summed E-state index contributed by atoms with van der Waals surface area (Å²) < 4.78 is 13.8. The Kier molecular flexibility index (Phi) is 3.22. The Balaban J connectivity index is 2.15. The van der Waals surface area contributed by atoms with E-state index in [4.69, 9.17) is 9.26 Å². The zero-order valence-corrected chi connectivity index (χ0v) is 9.59. The summed E-state index contributed by atoms with van der Waals surface area (Å²) in [6, 6.07) is 0. The van der Waals surface area contributed by atoms with Crippen LogP contribution in [0, 0.1) is 0 Å². The minimum absolute atomic E-state index is 0.627. The van der Waals surface area contributed by atoms with Gasteiger partial charge in [0.15, 0.2) is 13.8 Å². The molecular weight excluding hydrogens is 197 g/mol. The van der Waals surface area contributed by atoms with Crippen molar-refractivity contribution in [1.29, 1.82) is 0 Å². The van der Waals surface area contributed by atoms with Crippen LogP contribution >= 0.6 is 8.30 Å². The number of ether oxygens (including phenoxy) is 1. The van der Waals surface area contributed by atoms with Crippen molar-refractivity contribution in [2.24, 2.45) is 0 Å². The summed E-state index contributed by atoms with van der Waals surface area (Å²) in [5.74, 6) is 0. The summed E-state index contributed by atoms with van der Waals surface area (Å²) in [4.78, 5) is 0. The van der Waals surface area contributed by atoms with E-state index in [0.29, 0.717) is 13.2 Å². The molecule has 2 rings (SSSR count). The van der Waals surface area contributed by atoms with Crippen molar-refractivity contribution in [3.05, 3.63) is 23.2 Å². The van der Waals surface area contributed by atoms with E-state index in [0.717, 1.165) is 18.6 Å². The predicted molar refractivity (Wildman–Crippen MR) is 57.9 cm³/mol. The smallest absolute Gasteiger partial charge is 0.175 e. The molecule has 3 nitrogen and oxygen atoms in total. The van der Waals surface area contributed by atoms with Crippen molar-refractivity contribution in [3.8, 4) is 0 Å². The Hall–Kier alpha value is -0.370. The van der Waals surface area contributed by atoms with Gasteiger partial charge in [0, 0.05) is 18.7 Å². The lowest BCUT2D eigenvalue weighted by atomic mass is 10.2. The van der Waals surface area contributed by atoms with Crippen molar-refractivity contribution < 1.29 is 9.26 Å². The van der Waals surface area contributed by atoms with Gasteiger partial charge in [-0.05, 0) is 6.08 Å². The van der Waals surface area contributed by atoms with Crippen molar-refractivity contribution in [2.75, 3.05) is 26.3 Å². The zero-order chi connectivity index (χ0) is 9.97. The summed E-state index contributed by atoms with van der Waals surface area (Å²) in [7, 11) is -0.627. The maximum absolute atomic E-state index is 5.78. The molecule has 0 fully saturated rings. The summed E-state index contributed by atoms with van der Waals surface area (Å²) in [5, 5.41) is 0. The number of nitrogens with zero attached hydrogens (tertiary/aromatic N) is 1. The van der Waals surface area contributed by atoms with E-state index in [-0.39, 0.29) is 0 Å². The first-order valence-electron chi connectivity index (χ1n) is 5.07. The van der Waals surface area contributed by atoms with Crippen LogP contribution < -0.4 is 0 Å². The Morgan fingerprint density at radius 1 is 1.43 bits per heavy atom. The molecule has 0 N–H and O–H groups in total. The molecule has 2 heterocycles. The van der Waals surface area contributed by atoms with Gasteiger partial charge in [-0.15, -0.1) is 0 Å². The van der Waals surface area contributed by atoms with E-state index < -0.39 is 8.30 Å². The lowest BCUT2D eigenvalue weighted by Crippen LogP contribution is -2.18. The van der Waals surface area contributed by atoms with Crippen molar-refractivity contribution in [2.45, 2.75) is 13.8 Å². The molecule has 0 aromatic heterocycles. The Morgan fingerprint density at radius 3 is 2.93 bits per heavy atom. The molecule has 0 radical (unpaired) electrons. The molecule has 2 aliphatic rings. The molecule has 78 valence electrons. The summed E-state index contributed by atoms with van der Waals surface area (Å²) >= 11 is 0. The van der Waals surface area contributed by atoms with E-state index in [9.17, 15) is 0 Å². The van der Waals surface area contributed by atoms with Crippen LogP contribution in [0.2, 0.25) is 0 Å². The summed E-state index contributed by atoms with van der Waals surface area (Å²) in [5.41, 5.74) is 2.32. The largest absolute Gasteiger partial charge is 0.485 e. The first kappa shape index (κ1) is 10.2. The third-order valence-corrected chi connectivity index (χ3v) is 4.63. The van der Waals surface area contributed by atoms with Gasteiger partial charge in [-0.1, -0.05) is 19.9 Å². The molecule has 0 saturated carbocycles. The molecule has 14 heavy (non-hydrogen) atoms. The van der Waals surface area contributed by atoms with Crippen LogP contribution in [0.5, 0.6) is 0 Å². The second kappa shape index (κ2) is 4.43. The van der Waals surface area contributed by atoms with E-state index in [2.05, 4.69) is 24.6 Å². The Labute approximate surface area is 86.3 Å². The molecule has 4 heteroatoms. The molecular formula is C10H16NO2P. The average Bonchev–Trinajstić information content (AvgIpc) is 2.65. The van der Waals surface area contributed by atoms with Gasteiger partial charge in [-0.25, -0.2) is 0 Å². The third kappa shape index (κ3) is 1.72. The zero-order valence-electron chi connectivity index (χ0n) is 8.69. The molecule has 0 bridgehead atoms. The fraction of sp³-hybridized carbons (Fsp3) is 0.600. The Bertz CT molecular complexity index is 271. The number of hydrogen-bond donors (Lipinski definition) is 0. The van der Waals surface area contributed by atoms with Crippen LogP contribution in [-0.2, 0) is 9.26 Å². The highest BCUT2D eigenvalue weighted by molar-refractivity contribution is 7.54. The van der Waals surface area contributed by atoms with E-state index >= 15 is 0 Å². The number of rotatable bonds is 3. The topological polar surface area (TPSA) is 21.7 Å². The summed E-state index contributed by atoms with van der Waals surface area (Å²) in [6.45, 7) is 7.77. The quantitative estimate of drug-likeness (QED) is 0.672. The van der Waals surface area contributed by atoms with E-state index in [1.54, 1.807) is 0 Å². The standard InChI is InChI=1S/C10H16NO2P/c1-3-11(4-2)14-10-9(8-13-14)6-5-7-12-10/h5-6H,3-4,7-8H2,1-2H3. The molecule has 0 aliphatic carbocycles. The van der Waals surface area contributed by atoms with Gasteiger partial charge in [0.2, 0.25) is 0 Å². The van der Waals surface area contributed by atoms with Crippen molar-refractivity contribution in [1.82, 2.24) is 4.67 Å². The lowest BCUT2D eigenvalue weighted by Gasteiger charge is -2.26. The average molecular weight is 213 g/mol. The van der Waals surface area contributed by atoms with Gasteiger partial charge in [-0.3, -0.25) is 4.67 Å². The normalized spacial score (nSPS) is 25.5. The van der Waals surface area contributed by atoms with E-state index in [1.807, 2.05) is 6.08 Å². The SMILES string of the molecule is CCN(CC)P1OCC2=C1OCC=C2. The van der Waals surface area contributed by atoms with Crippen LogP contribution in [0.25, 0.3) is 0 Å². The van der Waals surface area contributed by atoms with Crippen molar-refractivity contribution >= 4 is 8.30 Å². The Morgan fingerprint density at radius 2 is 2.21 bits per heavy atom. The number of hydrogen-bond acceptors (Lipinski definition) is 3. The molecule has 0 saturated heterocycles. The van der Waals surface area contributed by atoms with Crippen LogP contribution in [0.3, 0.4) is 0 Å². The third-order valence-electron chi connectivity index (χ3n) is 2.41. The van der Waals surface area contributed by atoms with Crippen LogP contribution in [0.1, 0.15) is 13.8 Å². The monoisotopic (exact) mass is 213 g/mol. The second-order valence-corrected chi connectivity index (χ2v) is 5.00. The molecule has 2 aliphatic heterocycles. The maximum Gasteiger partial charge on any atom is 0.175 e. The molecule has 0 aromatic rings. The molecule has 0 spiro atoms. The van der Waals surface area contributed by atoms with Gasteiger partial charge in [0.25, 0.3) is 0 Å². The molecule has 1 atom stereocenters. The molecule has 0 amide bonds. The van der Waals surface area contributed by atoms with Gasteiger partial charge < -0.3 is 9.26 Å². The van der Waals surface area contributed by atoms with Gasteiger partial charge in [0.05, 0.1) is 6.61 Å². The summed E-state index contributed by atoms with van der Waals surface area (Å²) in [6.07, 6.45) is 4.17. The highest BCUT2D eigenvalue weighted by atomic mass is 31.2. The first-order chi connectivity index (χ1) is 6.86. The molecule has 1 unspecified atom stereocenters. The van der Waals surface area contributed by atoms with Crippen LogP contribution in [-0.4, -0.2) is 31.0 Å². The maximum atomic E-state index is 5.78. The highest BCUT2D eigenvalue weighted by Crippen LogP contribution is 2.56. The highest BCUT2D eigenvalue weighted by Gasteiger charge is 2.32. The van der Waals surface area contributed by atoms with Gasteiger partial charge in [-0.2, -0.15) is 0 Å². The van der Waals surface area contributed by atoms with Crippen molar-refractivity contribution in [3.63, 3.8) is 0 Å². The lowest BCUT2D eigenvalue weighted by molar-refractivity contribution is 0.262. The molecule has 0 aromatic carbocycles. The van der Waals surface area contributed by atoms with Crippen LogP contribution in [0.15, 0.2) is 23.2 Å². The first-order valence-corrected chi connectivity index (χ1v) is 6.28. The van der Waals surface area contributed by atoms with Gasteiger partial charge >= 0.3 is 0 Å². The minimum Gasteiger partial charge on any atom is -0.485 e. The van der Waals surface area contributed by atoms with E-state index in [1.165, 1.54) is 5.57 Å². The fourth-order valence-electron chi connectivity index (χ4n) is 1.65.